The van der Waals surface area contributed by atoms with E-state index in [-0.39, 0.29) is 6.04 Å². The quantitative estimate of drug-likeness (QED) is 0.693. The molecule has 0 saturated carbocycles. The normalized spacial score (nSPS) is 11.4. The highest BCUT2D eigenvalue weighted by molar-refractivity contribution is 5.47. The van der Waals surface area contributed by atoms with Crippen molar-refractivity contribution in [3.63, 3.8) is 0 Å². The molecule has 0 N–H and O–H groups in total. The molecule has 0 saturated heterocycles. The smallest absolute Gasteiger partial charge is 0.187 e. The van der Waals surface area contributed by atoms with E-state index in [2.05, 4.69) is 21.1 Å². The second kappa shape index (κ2) is 5.90. The van der Waals surface area contributed by atoms with Crippen molar-refractivity contribution in [3.8, 4) is 6.07 Å². The Morgan fingerprint density at radius 2 is 1.50 bits per heavy atom. The zero-order valence-corrected chi connectivity index (χ0v) is 11.6. The lowest BCUT2D eigenvalue weighted by molar-refractivity contribution is 0.674. The SMILES string of the molecule is [C-]#[N+]c1ccc(C(c2ccc(C#N)cc2)n2cnnc2)cc1. The average Bonchev–Trinajstić information content (AvgIpc) is 3.10. The summed E-state index contributed by atoms with van der Waals surface area (Å²) in [5.41, 5.74) is 3.27. The van der Waals surface area contributed by atoms with Gasteiger partial charge in [0.15, 0.2) is 5.69 Å². The van der Waals surface area contributed by atoms with Gasteiger partial charge in [-0.15, -0.1) is 10.2 Å². The summed E-state index contributed by atoms with van der Waals surface area (Å²) >= 11 is 0. The van der Waals surface area contributed by atoms with Gasteiger partial charge in [-0.3, -0.25) is 0 Å². The first-order valence-corrected chi connectivity index (χ1v) is 6.63. The molecule has 104 valence electrons. The maximum Gasteiger partial charge on any atom is 0.187 e. The molecule has 1 heterocycles. The van der Waals surface area contributed by atoms with Crippen molar-refractivity contribution >= 4 is 5.69 Å². The largest absolute Gasteiger partial charge is 0.308 e. The molecule has 0 spiro atoms. The molecule has 1 atom stereocenters. The molecule has 22 heavy (non-hydrogen) atoms. The van der Waals surface area contributed by atoms with Crippen molar-refractivity contribution in [2.75, 3.05) is 0 Å². The summed E-state index contributed by atoms with van der Waals surface area (Å²) in [4.78, 5) is 3.41. The fourth-order valence-corrected chi connectivity index (χ4v) is 2.35. The predicted octanol–water partition coefficient (Wildman–Crippen LogP) is 3.34. The van der Waals surface area contributed by atoms with E-state index in [0.29, 0.717) is 11.3 Å². The van der Waals surface area contributed by atoms with E-state index < -0.39 is 0 Å². The molecule has 0 aliphatic rings. The van der Waals surface area contributed by atoms with E-state index in [9.17, 15) is 0 Å². The van der Waals surface area contributed by atoms with Crippen molar-refractivity contribution in [3.05, 3.63) is 89.3 Å². The first-order chi connectivity index (χ1) is 10.8. The average molecular weight is 285 g/mol. The number of hydrogen-bond acceptors (Lipinski definition) is 3. The van der Waals surface area contributed by atoms with Gasteiger partial charge >= 0.3 is 0 Å². The Morgan fingerprint density at radius 3 is 2.00 bits per heavy atom. The van der Waals surface area contributed by atoms with Crippen LogP contribution in [-0.2, 0) is 0 Å². The van der Waals surface area contributed by atoms with Crippen LogP contribution >= 0.6 is 0 Å². The fraction of sp³-hybridized carbons (Fsp3) is 0.0588. The predicted molar refractivity (Wildman–Crippen MR) is 81.1 cm³/mol. The molecule has 2 aromatic carbocycles. The minimum absolute atomic E-state index is 0.0949. The zero-order valence-electron chi connectivity index (χ0n) is 11.6. The molecule has 1 unspecified atom stereocenters. The molecular weight excluding hydrogens is 274 g/mol. The van der Waals surface area contributed by atoms with Crippen LogP contribution in [0.4, 0.5) is 5.69 Å². The Hall–Kier alpha value is -3.44. The lowest BCUT2D eigenvalue weighted by atomic mass is 9.97. The van der Waals surface area contributed by atoms with Gasteiger partial charge in [0.25, 0.3) is 0 Å². The van der Waals surface area contributed by atoms with E-state index in [1.165, 1.54) is 0 Å². The molecule has 0 bridgehead atoms. The standard InChI is InChI=1S/C17H11N5/c1-19-16-8-6-15(7-9-16)17(22-11-20-21-12-22)14-4-2-13(10-18)3-5-14/h2-9,11-12,17H. The third-order valence-electron chi connectivity index (χ3n) is 3.43. The first-order valence-electron chi connectivity index (χ1n) is 6.63. The van der Waals surface area contributed by atoms with Crippen molar-refractivity contribution < 1.29 is 0 Å². The van der Waals surface area contributed by atoms with Crippen LogP contribution in [-0.4, -0.2) is 14.8 Å². The van der Waals surface area contributed by atoms with Gasteiger partial charge in [0.05, 0.1) is 24.2 Å². The Morgan fingerprint density at radius 1 is 0.955 bits per heavy atom. The maximum atomic E-state index is 8.92. The first kappa shape index (κ1) is 13.5. The number of benzene rings is 2. The summed E-state index contributed by atoms with van der Waals surface area (Å²) in [6.45, 7) is 7.04. The van der Waals surface area contributed by atoms with Crippen LogP contribution in [0.5, 0.6) is 0 Å². The highest BCUT2D eigenvalue weighted by Gasteiger charge is 2.16. The highest BCUT2D eigenvalue weighted by atomic mass is 15.2. The summed E-state index contributed by atoms with van der Waals surface area (Å²) in [5.74, 6) is 0. The van der Waals surface area contributed by atoms with Crippen LogP contribution in [0.15, 0.2) is 61.2 Å². The van der Waals surface area contributed by atoms with Gasteiger partial charge in [-0.2, -0.15) is 5.26 Å². The second-order valence-corrected chi connectivity index (χ2v) is 4.75. The molecule has 5 heteroatoms. The number of rotatable bonds is 3. The molecule has 5 nitrogen and oxygen atoms in total. The summed E-state index contributed by atoms with van der Waals surface area (Å²) in [5, 5.41) is 16.7. The van der Waals surface area contributed by atoms with Crippen LogP contribution in [0.3, 0.4) is 0 Å². The molecule has 0 aliphatic carbocycles. The van der Waals surface area contributed by atoms with Gasteiger partial charge in [0, 0.05) is 0 Å². The monoisotopic (exact) mass is 285 g/mol. The third kappa shape index (κ3) is 2.56. The highest BCUT2D eigenvalue weighted by Crippen LogP contribution is 2.28. The Kier molecular flexibility index (Phi) is 3.63. The minimum atomic E-state index is -0.0949. The maximum absolute atomic E-state index is 8.92. The Bertz CT molecular complexity index is 777. The molecule has 3 aromatic rings. The molecule has 0 fully saturated rings. The molecule has 0 aliphatic heterocycles. The van der Waals surface area contributed by atoms with E-state index in [4.69, 9.17) is 11.8 Å². The fourth-order valence-electron chi connectivity index (χ4n) is 2.35. The van der Waals surface area contributed by atoms with E-state index in [1.807, 2.05) is 28.8 Å². The lowest BCUT2D eigenvalue weighted by Gasteiger charge is -2.19. The van der Waals surface area contributed by atoms with Crippen LogP contribution in [0.1, 0.15) is 22.7 Å². The van der Waals surface area contributed by atoms with Crippen molar-refractivity contribution in [1.82, 2.24) is 14.8 Å². The number of nitriles is 1. The van der Waals surface area contributed by atoms with Crippen LogP contribution in [0.25, 0.3) is 4.85 Å². The summed E-state index contributed by atoms with van der Waals surface area (Å²) in [6.07, 6.45) is 3.32. The van der Waals surface area contributed by atoms with Crippen molar-refractivity contribution in [2.24, 2.45) is 0 Å². The minimum Gasteiger partial charge on any atom is -0.308 e. The number of aromatic nitrogens is 3. The third-order valence-corrected chi connectivity index (χ3v) is 3.43. The van der Waals surface area contributed by atoms with Gasteiger partial charge in [-0.1, -0.05) is 36.4 Å². The number of hydrogen-bond donors (Lipinski definition) is 0. The van der Waals surface area contributed by atoms with Crippen LogP contribution in [0.2, 0.25) is 0 Å². The van der Waals surface area contributed by atoms with Crippen molar-refractivity contribution in [2.45, 2.75) is 6.04 Å². The van der Waals surface area contributed by atoms with Gasteiger partial charge in [0.1, 0.15) is 12.7 Å². The topological polar surface area (TPSA) is 58.9 Å². The van der Waals surface area contributed by atoms with Gasteiger partial charge in [0.2, 0.25) is 0 Å². The molecule has 0 radical (unpaired) electrons. The van der Waals surface area contributed by atoms with Crippen molar-refractivity contribution in [1.29, 1.82) is 5.26 Å². The molecule has 3 rings (SSSR count). The zero-order chi connectivity index (χ0) is 15.4. The summed E-state index contributed by atoms with van der Waals surface area (Å²) < 4.78 is 1.90. The van der Waals surface area contributed by atoms with Gasteiger partial charge in [-0.05, 0) is 23.3 Å². The van der Waals surface area contributed by atoms with Crippen LogP contribution < -0.4 is 0 Å². The lowest BCUT2D eigenvalue weighted by Crippen LogP contribution is -2.10. The molecule has 1 aromatic heterocycles. The molecular formula is C17H11N5. The van der Waals surface area contributed by atoms with Crippen LogP contribution in [0, 0.1) is 17.9 Å². The van der Waals surface area contributed by atoms with Gasteiger partial charge in [-0.25, -0.2) is 4.85 Å². The summed E-state index contributed by atoms with van der Waals surface area (Å²) in [7, 11) is 0. The van der Waals surface area contributed by atoms with Gasteiger partial charge < -0.3 is 4.57 Å². The second-order valence-electron chi connectivity index (χ2n) is 4.75. The Labute approximate surface area is 127 Å². The summed E-state index contributed by atoms with van der Waals surface area (Å²) in [6, 6.07) is 16.9. The number of nitrogens with zero attached hydrogens (tertiary/aromatic N) is 5. The van der Waals surface area contributed by atoms with E-state index in [0.717, 1.165) is 11.1 Å². The molecule has 0 amide bonds. The van der Waals surface area contributed by atoms with E-state index >= 15 is 0 Å². The Balaban J connectivity index is 2.07. The van der Waals surface area contributed by atoms with E-state index in [1.54, 1.807) is 36.9 Å².